The Bertz CT molecular complexity index is 286. The Morgan fingerprint density at radius 3 is 2.13 bits per heavy atom. The number of benzene rings is 1. The Morgan fingerprint density at radius 1 is 0.933 bits per heavy atom. The molecule has 1 aliphatic rings. The van der Waals surface area contributed by atoms with Crippen molar-refractivity contribution in [3.63, 3.8) is 0 Å². The highest BCUT2D eigenvalue weighted by Gasteiger charge is 2.13. The van der Waals surface area contributed by atoms with Gasteiger partial charge in [-0.3, -0.25) is 0 Å². The minimum absolute atomic E-state index is 0.205. The molecule has 0 aromatic heterocycles. The highest BCUT2D eigenvalue weighted by atomic mass is 19.1. The van der Waals surface area contributed by atoms with Gasteiger partial charge in [0.15, 0.2) is 0 Å². The average molecular weight is 208 g/mol. The zero-order valence-corrected chi connectivity index (χ0v) is 8.92. The first-order chi connectivity index (χ1) is 7.34. The van der Waals surface area contributed by atoms with Crippen LogP contribution in [0.5, 0.6) is 5.75 Å². The summed E-state index contributed by atoms with van der Waals surface area (Å²) in [5.41, 5.74) is 0. The summed E-state index contributed by atoms with van der Waals surface area (Å²) in [6.07, 6.45) is 7.76. The van der Waals surface area contributed by atoms with Gasteiger partial charge in [-0.05, 0) is 49.9 Å². The van der Waals surface area contributed by atoms with Crippen molar-refractivity contribution in [2.45, 2.75) is 44.6 Å². The highest BCUT2D eigenvalue weighted by Crippen LogP contribution is 2.22. The summed E-state index contributed by atoms with van der Waals surface area (Å²) < 4.78 is 18.5. The minimum Gasteiger partial charge on any atom is -0.490 e. The molecule has 2 rings (SSSR count). The van der Waals surface area contributed by atoms with Crippen LogP contribution in [0.25, 0.3) is 0 Å². The SMILES string of the molecule is Fc1ccc(OC2CCCCCC2)cc1. The van der Waals surface area contributed by atoms with Crippen molar-refractivity contribution < 1.29 is 9.13 Å². The van der Waals surface area contributed by atoms with Gasteiger partial charge in [-0.25, -0.2) is 4.39 Å². The van der Waals surface area contributed by atoms with E-state index < -0.39 is 0 Å². The first-order valence-corrected chi connectivity index (χ1v) is 5.77. The molecule has 1 nitrogen and oxygen atoms in total. The van der Waals surface area contributed by atoms with E-state index in [4.69, 9.17) is 4.74 Å². The Kier molecular flexibility index (Phi) is 3.59. The lowest BCUT2D eigenvalue weighted by atomic mass is 10.1. The quantitative estimate of drug-likeness (QED) is 0.669. The van der Waals surface area contributed by atoms with E-state index in [0.717, 1.165) is 18.6 Å². The molecule has 0 unspecified atom stereocenters. The summed E-state index contributed by atoms with van der Waals surface area (Å²) in [5.74, 6) is 0.589. The maximum Gasteiger partial charge on any atom is 0.123 e. The molecule has 0 amide bonds. The minimum atomic E-state index is -0.205. The van der Waals surface area contributed by atoms with Crippen LogP contribution >= 0.6 is 0 Å². The standard InChI is InChI=1S/C13H17FO/c14-11-7-9-13(10-8-11)15-12-5-3-1-2-4-6-12/h7-10,12H,1-6H2. The molecule has 0 heterocycles. The molecule has 1 fully saturated rings. The van der Waals surface area contributed by atoms with Crippen LogP contribution in [-0.2, 0) is 0 Å². The third-order valence-corrected chi connectivity index (χ3v) is 2.92. The number of hydrogen-bond acceptors (Lipinski definition) is 1. The van der Waals surface area contributed by atoms with Gasteiger partial charge >= 0.3 is 0 Å². The van der Waals surface area contributed by atoms with Crippen molar-refractivity contribution in [3.05, 3.63) is 30.1 Å². The van der Waals surface area contributed by atoms with E-state index in [9.17, 15) is 4.39 Å². The smallest absolute Gasteiger partial charge is 0.123 e. The summed E-state index contributed by atoms with van der Waals surface area (Å²) in [5, 5.41) is 0. The number of rotatable bonds is 2. The molecule has 0 aliphatic heterocycles. The number of hydrogen-bond donors (Lipinski definition) is 0. The molecule has 0 bridgehead atoms. The first-order valence-electron chi connectivity index (χ1n) is 5.77. The van der Waals surface area contributed by atoms with E-state index in [1.54, 1.807) is 12.1 Å². The monoisotopic (exact) mass is 208 g/mol. The zero-order chi connectivity index (χ0) is 10.5. The van der Waals surface area contributed by atoms with Crippen LogP contribution in [0.2, 0.25) is 0 Å². The maximum atomic E-state index is 12.7. The normalized spacial score (nSPS) is 18.5. The van der Waals surface area contributed by atoms with Crippen LogP contribution in [0.1, 0.15) is 38.5 Å². The molecule has 1 aromatic carbocycles. The van der Waals surface area contributed by atoms with Crippen LogP contribution < -0.4 is 4.74 Å². The van der Waals surface area contributed by atoms with Crippen molar-refractivity contribution in [1.29, 1.82) is 0 Å². The molecule has 15 heavy (non-hydrogen) atoms. The second kappa shape index (κ2) is 5.15. The molecule has 1 aromatic rings. The number of ether oxygens (including phenoxy) is 1. The summed E-state index contributed by atoms with van der Waals surface area (Å²) in [7, 11) is 0. The fraction of sp³-hybridized carbons (Fsp3) is 0.538. The van der Waals surface area contributed by atoms with E-state index >= 15 is 0 Å². The Hall–Kier alpha value is -1.05. The second-order valence-corrected chi connectivity index (χ2v) is 4.19. The van der Waals surface area contributed by atoms with Crippen molar-refractivity contribution in [2.75, 3.05) is 0 Å². The molecular weight excluding hydrogens is 191 g/mol. The van der Waals surface area contributed by atoms with E-state index in [-0.39, 0.29) is 5.82 Å². The van der Waals surface area contributed by atoms with Crippen molar-refractivity contribution in [3.8, 4) is 5.75 Å². The van der Waals surface area contributed by atoms with Crippen LogP contribution in [0.4, 0.5) is 4.39 Å². The molecule has 0 radical (unpaired) electrons. The third kappa shape index (κ3) is 3.22. The van der Waals surface area contributed by atoms with Gasteiger partial charge in [-0.1, -0.05) is 12.8 Å². The molecular formula is C13H17FO. The fourth-order valence-electron chi connectivity index (χ4n) is 2.07. The van der Waals surface area contributed by atoms with Gasteiger partial charge in [0.1, 0.15) is 11.6 Å². The lowest BCUT2D eigenvalue weighted by molar-refractivity contribution is 0.183. The van der Waals surface area contributed by atoms with Gasteiger partial charge in [-0.15, -0.1) is 0 Å². The summed E-state index contributed by atoms with van der Waals surface area (Å²) in [6.45, 7) is 0. The molecule has 0 N–H and O–H groups in total. The van der Waals surface area contributed by atoms with Crippen LogP contribution in [0.15, 0.2) is 24.3 Å². The van der Waals surface area contributed by atoms with Gasteiger partial charge in [0.25, 0.3) is 0 Å². The summed E-state index contributed by atoms with van der Waals surface area (Å²) in [6, 6.07) is 6.32. The average Bonchev–Trinajstić information content (AvgIpc) is 2.50. The van der Waals surface area contributed by atoms with Crippen molar-refractivity contribution in [1.82, 2.24) is 0 Å². The lowest BCUT2D eigenvalue weighted by Crippen LogP contribution is -2.14. The van der Waals surface area contributed by atoms with Crippen molar-refractivity contribution >= 4 is 0 Å². The fourth-order valence-corrected chi connectivity index (χ4v) is 2.07. The molecule has 1 saturated carbocycles. The predicted octanol–water partition coefficient (Wildman–Crippen LogP) is 3.93. The topological polar surface area (TPSA) is 9.23 Å². The van der Waals surface area contributed by atoms with E-state index in [1.807, 2.05) is 0 Å². The van der Waals surface area contributed by atoms with Gasteiger partial charge in [-0.2, -0.15) is 0 Å². The Labute approximate surface area is 90.3 Å². The Balaban J connectivity index is 1.92. The van der Waals surface area contributed by atoms with Crippen LogP contribution in [0.3, 0.4) is 0 Å². The molecule has 1 aliphatic carbocycles. The lowest BCUT2D eigenvalue weighted by Gasteiger charge is -2.16. The second-order valence-electron chi connectivity index (χ2n) is 4.19. The number of halogens is 1. The van der Waals surface area contributed by atoms with Gasteiger partial charge in [0, 0.05) is 0 Å². The molecule has 2 heteroatoms. The molecule has 0 atom stereocenters. The van der Waals surface area contributed by atoms with Crippen LogP contribution in [-0.4, -0.2) is 6.10 Å². The van der Waals surface area contributed by atoms with Crippen molar-refractivity contribution in [2.24, 2.45) is 0 Å². The maximum absolute atomic E-state index is 12.7. The zero-order valence-electron chi connectivity index (χ0n) is 8.92. The summed E-state index contributed by atoms with van der Waals surface area (Å²) >= 11 is 0. The first kappa shape index (κ1) is 10.5. The van der Waals surface area contributed by atoms with E-state index in [0.29, 0.717) is 6.10 Å². The largest absolute Gasteiger partial charge is 0.490 e. The van der Waals surface area contributed by atoms with E-state index in [2.05, 4.69) is 0 Å². The van der Waals surface area contributed by atoms with Crippen LogP contribution in [0, 0.1) is 5.82 Å². The highest BCUT2D eigenvalue weighted by molar-refractivity contribution is 5.22. The summed E-state index contributed by atoms with van der Waals surface area (Å²) in [4.78, 5) is 0. The Morgan fingerprint density at radius 2 is 1.53 bits per heavy atom. The van der Waals surface area contributed by atoms with E-state index in [1.165, 1.54) is 37.8 Å². The van der Waals surface area contributed by atoms with Gasteiger partial charge < -0.3 is 4.74 Å². The third-order valence-electron chi connectivity index (χ3n) is 2.92. The van der Waals surface area contributed by atoms with Gasteiger partial charge in [0.2, 0.25) is 0 Å². The molecule has 82 valence electrons. The van der Waals surface area contributed by atoms with Gasteiger partial charge in [0.05, 0.1) is 6.10 Å². The molecule has 0 spiro atoms. The molecule has 0 saturated heterocycles. The predicted molar refractivity (Wildman–Crippen MR) is 58.5 cm³/mol.